The fraction of sp³-hybridized carbons (Fsp3) is 0.444. The number of para-hydroxylation sites is 2. The van der Waals surface area contributed by atoms with Gasteiger partial charge >= 0.3 is 0 Å². The van der Waals surface area contributed by atoms with Gasteiger partial charge in [-0.25, -0.2) is 4.68 Å². The lowest BCUT2D eigenvalue weighted by Gasteiger charge is -2.24. The zero-order valence-electron chi connectivity index (χ0n) is 14.4. The van der Waals surface area contributed by atoms with E-state index in [9.17, 15) is 4.79 Å². The van der Waals surface area contributed by atoms with Crippen molar-refractivity contribution < 1.29 is 9.53 Å². The lowest BCUT2D eigenvalue weighted by molar-refractivity contribution is 0.0749. The van der Waals surface area contributed by atoms with Gasteiger partial charge in [-0.05, 0) is 38.2 Å². The van der Waals surface area contributed by atoms with E-state index in [4.69, 9.17) is 4.74 Å². The number of carbonyl (C=O) groups is 1. The first kappa shape index (κ1) is 16.9. The number of rotatable bonds is 5. The van der Waals surface area contributed by atoms with Gasteiger partial charge in [-0.2, -0.15) is 16.9 Å². The van der Waals surface area contributed by atoms with Gasteiger partial charge in [0.15, 0.2) is 0 Å². The fourth-order valence-electron chi connectivity index (χ4n) is 3.29. The molecule has 1 aromatic carbocycles. The number of carbonyl (C=O) groups excluding carboxylic acids is 1. The van der Waals surface area contributed by atoms with Crippen molar-refractivity contribution in [1.29, 1.82) is 0 Å². The average molecular weight is 345 g/mol. The van der Waals surface area contributed by atoms with Crippen LogP contribution in [0.1, 0.15) is 28.9 Å². The third-order valence-corrected chi connectivity index (χ3v) is 5.27. The van der Waals surface area contributed by atoms with Crippen molar-refractivity contribution in [2.75, 3.05) is 25.7 Å². The molecule has 2 aromatic rings. The predicted molar refractivity (Wildman–Crippen MR) is 97.3 cm³/mol. The zero-order valence-corrected chi connectivity index (χ0v) is 15.2. The Morgan fingerprint density at radius 2 is 2.21 bits per heavy atom. The van der Waals surface area contributed by atoms with Crippen LogP contribution in [0, 0.1) is 6.92 Å². The molecular formula is C18H23N3O2S. The molecule has 3 rings (SSSR count). The number of methoxy groups -OCH3 is 1. The molecule has 1 aromatic heterocycles. The van der Waals surface area contributed by atoms with Gasteiger partial charge in [0.25, 0.3) is 5.91 Å². The molecule has 0 radical (unpaired) electrons. The van der Waals surface area contributed by atoms with E-state index in [1.807, 2.05) is 36.1 Å². The zero-order chi connectivity index (χ0) is 17.1. The second kappa shape index (κ2) is 7.30. The lowest BCUT2D eigenvalue weighted by atomic mass is 10.2. The normalized spacial score (nSPS) is 17.3. The Morgan fingerprint density at radius 1 is 1.42 bits per heavy atom. The molecule has 24 heavy (non-hydrogen) atoms. The van der Waals surface area contributed by atoms with Crippen LogP contribution in [-0.4, -0.2) is 52.3 Å². The Kier molecular flexibility index (Phi) is 5.14. The highest BCUT2D eigenvalue weighted by Gasteiger charge is 2.31. The SMILES string of the molecule is COc1ccccc1-n1ncc(C(=O)N2CCC[C@H]2CSC)c1C. The van der Waals surface area contributed by atoms with E-state index in [1.54, 1.807) is 29.8 Å². The van der Waals surface area contributed by atoms with Crippen LogP contribution < -0.4 is 4.74 Å². The van der Waals surface area contributed by atoms with Crippen LogP contribution in [0.25, 0.3) is 5.69 Å². The minimum Gasteiger partial charge on any atom is -0.494 e. The summed E-state index contributed by atoms with van der Waals surface area (Å²) in [6.45, 7) is 2.77. The maximum atomic E-state index is 13.0. The first-order valence-electron chi connectivity index (χ1n) is 8.15. The molecule has 1 atom stereocenters. The van der Waals surface area contributed by atoms with Crippen LogP contribution in [-0.2, 0) is 0 Å². The number of ether oxygens (including phenoxy) is 1. The van der Waals surface area contributed by atoms with Gasteiger partial charge in [0, 0.05) is 18.3 Å². The van der Waals surface area contributed by atoms with Gasteiger partial charge in [-0.15, -0.1) is 0 Å². The van der Waals surface area contributed by atoms with Gasteiger partial charge < -0.3 is 9.64 Å². The van der Waals surface area contributed by atoms with Crippen molar-refractivity contribution in [3.63, 3.8) is 0 Å². The van der Waals surface area contributed by atoms with Gasteiger partial charge in [0.2, 0.25) is 0 Å². The van der Waals surface area contributed by atoms with Crippen molar-refractivity contribution in [3.8, 4) is 11.4 Å². The van der Waals surface area contributed by atoms with Gasteiger partial charge in [-0.1, -0.05) is 12.1 Å². The van der Waals surface area contributed by atoms with E-state index in [2.05, 4.69) is 11.4 Å². The molecule has 0 unspecified atom stereocenters. The van der Waals surface area contributed by atoms with Crippen LogP contribution in [0.4, 0.5) is 0 Å². The van der Waals surface area contributed by atoms with Crippen molar-refractivity contribution in [1.82, 2.24) is 14.7 Å². The molecule has 0 saturated carbocycles. The molecule has 1 amide bonds. The summed E-state index contributed by atoms with van der Waals surface area (Å²) < 4.78 is 7.20. The third kappa shape index (κ3) is 3.02. The molecule has 1 fully saturated rings. The standard InChI is InChI=1S/C18H23N3O2S/c1-13-15(18(22)20-10-6-7-14(20)12-24-3)11-19-21(13)16-8-4-5-9-17(16)23-2/h4-5,8-9,11,14H,6-7,10,12H2,1-3H3/t14-/m0/s1. The van der Waals surface area contributed by atoms with E-state index in [-0.39, 0.29) is 5.91 Å². The van der Waals surface area contributed by atoms with Crippen LogP contribution in [0.3, 0.4) is 0 Å². The molecule has 0 bridgehead atoms. The van der Waals surface area contributed by atoms with E-state index < -0.39 is 0 Å². The summed E-state index contributed by atoms with van der Waals surface area (Å²) in [4.78, 5) is 15.0. The molecule has 2 heterocycles. The second-order valence-electron chi connectivity index (χ2n) is 5.98. The third-order valence-electron chi connectivity index (χ3n) is 4.55. The minimum absolute atomic E-state index is 0.0881. The highest BCUT2D eigenvalue weighted by atomic mass is 32.2. The van der Waals surface area contributed by atoms with Crippen molar-refractivity contribution in [2.24, 2.45) is 0 Å². The van der Waals surface area contributed by atoms with E-state index >= 15 is 0 Å². The monoisotopic (exact) mass is 345 g/mol. The Hall–Kier alpha value is -1.95. The largest absolute Gasteiger partial charge is 0.494 e. The topological polar surface area (TPSA) is 47.4 Å². The quantitative estimate of drug-likeness (QED) is 0.835. The molecule has 1 aliphatic rings. The predicted octanol–water partition coefficient (Wildman–Crippen LogP) is 3.16. The summed E-state index contributed by atoms with van der Waals surface area (Å²) in [7, 11) is 1.64. The summed E-state index contributed by atoms with van der Waals surface area (Å²) in [5, 5.41) is 4.44. The Balaban J connectivity index is 1.91. The first-order chi connectivity index (χ1) is 11.7. The summed E-state index contributed by atoms with van der Waals surface area (Å²) >= 11 is 1.80. The second-order valence-corrected chi connectivity index (χ2v) is 6.89. The fourth-order valence-corrected chi connectivity index (χ4v) is 4.02. The Labute approximate surface area is 147 Å². The molecular weight excluding hydrogens is 322 g/mol. The number of benzene rings is 1. The smallest absolute Gasteiger partial charge is 0.257 e. The summed E-state index contributed by atoms with van der Waals surface area (Å²) in [5.41, 5.74) is 2.37. The molecule has 1 saturated heterocycles. The molecule has 0 aliphatic carbocycles. The van der Waals surface area contributed by atoms with E-state index in [0.29, 0.717) is 11.6 Å². The maximum Gasteiger partial charge on any atom is 0.257 e. The molecule has 1 aliphatic heterocycles. The van der Waals surface area contributed by atoms with Gasteiger partial charge in [0.05, 0.1) is 24.6 Å². The maximum absolute atomic E-state index is 13.0. The molecule has 128 valence electrons. The van der Waals surface area contributed by atoms with Crippen molar-refractivity contribution in [2.45, 2.75) is 25.8 Å². The van der Waals surface area contributed by atoms with Gasteiger partial charge in [0.1, 0.15) is 11.4 Å². The number of aromatic nitrogens is 2. The Bertz CT molecular complexity index is 729. The molecule has 0 spiro atoms. The van der Waals surface area contributed by atoms with Crippen molar-refractivity contribution in [3.05, 3.63) is 41.7 Å². The molecule has 6 heteroatoms. The van der Waals surface area contributed by atoms with E-state index in [0.717, 1.165) is 42.3 Å². The Morgan fingerprint density at radius 3 is 2.96 bits per heavy atom. The van der Waals surface area contributed by atoms with Crippen molar-refractivity contribution >= 4 is 17.7 Å². The minimum atomic E-state index is 0.0881. The number of hydrogen-bond acceptors (Lipinski definition) is 4. The number of thioether (sulfide) groups is 1. The number of hydrogen-bond donors (Lipinski definition) is 0. The summed E-state index contributed by atoms with van der Waals surface area (Å²) in [6, 6.07) is 8.04. The average Bonchev–Trinajstić information content (AvgIpc) is 3.21. The summed E-state index contributed by atoms with van der Waals surface area (Å²) in [6.07, 6.45) is 5.94. The van der Waals surface area contributed by atoms with Gasteiger partial charge in [-0.3, -0.25) is 4.79 Å². The van der Waals surface area contributed by atoms with E-state index in [1.165, 1.54) is 0 Å². The number of amides is 1. The van der Waals surface area contributed by atoms with Crippen LogP contribution in [0.2, 0.25) is 0 Å². The highest BCUT2D eigenvalue weighted by molar-refractivity contribution is 7.98. The molecule has 0 N–H and O–H groups in total. The number of likely N-dealkylation sites (tertiary alicyclic amines) is 1. The lowest BCUT2D eigenvalue weighted by Crippen LogP contribution is -2.37. The summed E-state index contributed by atoms with van der Waals surface area (Å²) in [5.74, 6) is 1.82. The van der Waals surface area contributed by atoms with Crippen LogP contribution >= 0.6 is 11.8 Å². The molecule has 5 nitrogen and oxygen atoms in total. The highest BCUT2D eigenvalue weighted by Crippen LogP contribution is 2.27. The van der Waals surface area contributed by atoms with Crippen LogP contribution in [0.5, 0.6) is 5.75 Å². The first-order valence-corrected chi connectivity index (χ1v) is 9.54. The van der Waals surface area contributed by atoms with Crippen LogP contribution in [0.15, 0.2) is 30.5 Å². The number of nitrogens with zero attached hydrogens (tertiary/aromatic N) is 3.